The predicted molar refractivity (Wildman–Crippen MR) is 74.9 cm³/mol. The molecule has 1 aliphatic carbocycles. The number of nitrogens with two attached hydrogens (primary N) is 1. The van der Waals surface area contributed by atoms with Gasteiger partial charge < -0.3 is 16.4 Å². The van der Waals surface area contributed by atoms with Crippen LogP contribution in [0.1, 0.15) is 32.6 Å². The summed E-state index contributed by atoms with van der Waals surface area (Å²) in [6.07, 6.45) is 7.60. The fraction of sp³-hybridized carbons (Fsp3) is 0.615. The van der Waals surface area contributed by atoms with Crippen LogP contribution in [-0.2, 0) is 16.1 Å². The highest BCUT2D eigenvalue weighted by atomic mass is 16.2. The minimum atomic E-state index is -0.580. The summed E-state index contributed by atoms with van der Waals surface area (Å²) in [5.41, 5.74) is 6.00. The van der Waals surface area contributed by atoms with Crippen LogP contribution in [0.25, 0.3) is 0 Å². The van der Waals surface area contributed by atoms with E-state index in [-0.39, 0.29) is 18.4 Å². The van der Waals surface area contributed by atoms with Crippen molar-refractivity contribution in [3.05, 3.63) is 12.4 Å². The van der Waals surface area contributed by atoms with Crippen LogP contribution >= 0.6 is 0 Å². The van der Waals surface area contributed by atoms with Crippen molar-refractivity contribution in [3.8, 4) is 0 Å². The molecule has 0 spiro atoms. The zero-order chi connectivity index (χ0) is 14.5. The van der Waals surface area contributed by atoms with Gasteiger partial charge in [-0.1, -0.05) is 12.8 Å². The van der Waals surface area contributed by atoms with E-state index in [2.05, 4.69) is 15.7 Å². The number of aromatic nitrogens is 2. The first kappa shape index (κ1) is 14.5. The Labute approximate surface area is 117 Å². The third kappa shape index (κ3) is 4.06. The molecule has 1 aliphatic rings. The summed E-state index contributed by atoms with van der Waals surface area (Å²) in [5, 5.41) is 9.66. The number of carbonyl (C=O) groups is 2. The molecule has 0 saturated heterocycles. The van der Waals surface area contributed by atoms with Crippen molar-refractivity contribution < 1.29 is 9.59 Å². The second-order valence-electron chi connectivity index (χ2n) is 5.25. The molecule has 0 radical (unpaired) electrons. The number of hydrogen-bond donors (Lipinski definition) is 3. The van der Waals surface area contributed by atoms with Gasteiger partial charge >= 0.3 is 0 Å². The maximum Gasteiger partial charge on any atom is 0.241 e. The maximum absolute atomic E-state index is 11.8. The highest BCUT2D eigenvalue weighted by Gasteiger charge is 2.17. The SMILES string of the molecule is C[C@@H](N)C(=O)Nc1cnn(CC(=O)NC2CCCC2)c1. The molecule has 4 N–H and O–H groups in total. The Bertz CT molecular complexity index is 477. The third-order valence-corrected chi connectivity index (χ3v) is 3.34. The number of carbonyl (C=O) groups excluding carboxylic acids is 2. The summed E-state index contributed by atoms with van der Waals surface area (Å²) in [4.78, 5) is 23.3. The van der Waals surface area contributed by atoms with E-state index in [1.54, 1.807) is 13.1 Å². The first-order chi connectivity index (χ1) is 9.54. The van der Waals surface area contributed by atoms with E-state index in [9.17, 15) is 9.59 Å². The molecule has 2 amide bonds. The zero-order valence-electron chi connectivity index (χ0n) is 11.6. The lowest BCUT2D eigenvalue weighted by Crippen LogP contribution is -2.35. The van der Waals surface area contributed by atoms with Crippen LogP contribution in [0.3, 0.4) is 0 Å². The standard InChI is InChI=1S/C13H21N5O2/c1-9(14)13(20)17-11-6-15-18(7-11)8-12(19)16-10-4-2-3-5-10/h6-7,9-10H,2-5,8,14H2,1H3,(H,16,19)(H,17,20)/t9-/m1/s1. The number of nitrogens with one attached hydrogen (secondary N) is 2. The molecule has 1 fully saturated rings. The normalized spacial score (nSPS) is 16.9. The first-order valence-electron chi connectivity index (χ1n) is 6.93. The van der Waals surface area contributed by atoms with Crippen LogP contribution in [0.4, 0.5) is 5.69 Å². The Morgan fingerprint density at radius 2 is 2.20 bits per heavy atom. The van der Waals surface area contributed by atoms with E-state index >= 15 is 0 Å². The minimum Gasteiger partial charge on any atom is -0.352 e. The second-order valence-corrected chi connectivity index (χ2v) is 5.25. The lowest BCUT2D eigenvalue weighted by atomic mass is 10.2. The minimum absolute atomic E-state index is 0.0509. The molecule has 1 aromatic heterocycles. The van der Waals surface area contributed by atoms with Gasteiger partial charge in [0.15, 0.2) is 0 Å². The molecule has 1 aromatic rings. The summed E-state index contributed by atoms with van der Waals surface area (Å²) in [5.74, 6) is -0.329. The van der Waals surface area contributed by atoms with E-state index in [0.29, 0.717) is 11.7 Å². The lowest BCUT2D eigenvalue weighted by molar-refractivity contribution is -0.122. The van der Waals surface area contributed by atoms with Crippen molar-refractivity contribution >= 4 is 17.5 Å². The summed E-state index contributed by atoms with van der Waals surface area (Å²) >= 11 is 0. The molecular formula is C13H21N5O2. The smallest absolute Gasteiger partial charge is 0.241 e. The van der Waals surface area contributed by atoms with E-state index in [1.165, 1.54) is 23.7 Å². The molecule has 1 atom stereocenters. The molecule has 1 saturated carbocycles. The van der Waals surface area contributed by atoms with Gasteiger partial charge in [-0.25, -0.2) is 0 Å². The largest absolute Gasteiger partial charge is 0.352 e. The Morgan fingerprint density at radius 3 is 2.85 bits per heavy atom. The number of hydrogen-bond acceptors (Lipinski definition) is 4. The van der Waals surface area contributed by atoms with Gasteiger partial charge in [0.2, 0.25) is 11.8 Å². The van der Waals surface area contributed by atoms with Crippen molar-refractivity contribution in [2.24, 2.45) is 5.73 Å². The van der Waals surface area contributed by atoms with E-state index in [4.69, 9.17) is 5.73 Å². The van der Waals surface area contributed by atoms with Gasteiger partial charge in [0, 0.05) is 12.2 Å². The topological polar surface area (TPSA) is 102 Å². The molecule has 7 heteroatoms. The van der Waals surface area contributed by atoms with Crippen LogP contribution in [0.15, 0.2) is 12.4 Å². The molecule has 0 bridgehead atoms. The van der Waals surface area contributed by atoms with Crippen molar-refractivity contribution in [1.29, 1.82) is 0 Å². The van der Waals surface area contributed by atoms with Gasteiger partial charge in [0.1, 0.15) is 6.54 Å². The van der Waals surface area contributed by atoms with Crippen LogP contribution in [0.5, 0.6) is 0 Å². The molecule has 20 heavy (non-hydrogen) atoms. The van der Waals surface area contributed by atoms with Crippen LogP contribution in [-0.4, -0.2) is 33.7 Å². The molecule has 110 valence electrons. The summed E-state index contributed by atoms with van der Waals surface area (Å²) in [6, 6.07) is -0.278. The van der Waals surface area contributed by atoms with Gasteiger partial charge in [0.25, 0.3) is 0 Å². The van der Waals surface area contributed by atoms with Crippen molar-refractivity contribution in [1.82, 2.24) is 15.1 Å². The van der Waals surface area contributed by atoms with Crippen LogP contribution in [0.2, 0.25) is 0 Å². The molecule has 2 rings (SSSR count). The quantitative estimate of drug-likeness (QED) is 0.718. The van der Waals surface area contributed by atoms with Gasteiger partial charge in [-0.3, -0.25) is 14.3 Å². The number of rotatable bonds is 5. The van der Waals surface area contributed by atoms with Crippen molar-refractivity contribution in [2.45, 2.75) is 51.2 Å². The molecular weight excluding hydrogens is 258 g/mol. The average molecular weight is 279 g/mol. The monoisotopic (exact) mass is 279 g/mol. The van der Waals surface area contributed by atoms with Gasteiger partial charge in [0.05, 0.1) is 17.9 Å². The van der Waals surface area contributed by atoms with Crippen LogP contribution < -0.4 is 16.4 Å². The third-order valence-electron chi connectivity index (χ3n) is 3.34. The molecule has 1 heterocycles. The van der Waals surface area contributed by atoms with Gasteiger partial charge in [-0.15, -0.1) is 0 Å². The lowest BCUT2D eigenvalue weighted by Gasteiger charge is -2.11. The molecule has 0 unspecified atom stereocenters. The molecule has 0 aliphatic heterocycles. The van der Waals surface area contributed by atoms with Crippen molar-refractivity contribution in [3.63, 3.8) is 0 Å². The fourth-order valence-electron chi connectivity index (χ4n) is 2.26. The van der Waals surface area contributed by atoms with E-state index in [0.717, 1.165) is 12.8 Å². The van der Waals surface area contributed by atoms with Gasteiger partial charge in [-0.05, 0) is 19.8 Å². The molecule has 7 nitrogen and oxygen atoms in total. The number of amides is 2. The fourth-order valence-corrected chi connectivity index (χ4v) is 2.26. The number of nitrogens with zero attached hydrogens (tertiary/aromatic N) is 2. The first-order valence-corrected chi connectivity index (χ1v) is 6.93. The van der Waals surface area contributed by atoms with Crippen molar-refractivity contribution in [2.75, 3.05) is 5.32 Å². The summed E-state index contributed by atoms with van der Waals surface area (Å²) in [7, 11) is 0. The summed E-state index contributed by atoms with van der Waals surface area (Å²) < 4.78 is 1.50. The highest BCUT2D eigenvalue weighted by Crippen LogP contribution is 2.17. The zero-order valence-corrected chi connectivity index (χ0v) is 11.6. The Kier molecular flexibility index (Phi) is 4.73. The van der Waals surface area contributed by atoms with E-state index in [1.807, 2.05) is 0 Å². The second kappa shape index (κ2) is 6.51. The Morgan fingerprint density at radius 1 is 1.50 bits per heavy atom. The molecule has 0 aromatic carbocycles. The Hall–Kier alpha value is -1.89. The van der Waals surface area contributed by atoms with Gasteiger partial charge in [-0.2, -0.15) is 5.10 Å². The van der Waals surface area contributed by atoms with Crippen LogP contribution in [0, 0.1) is 0 Å². The number of anilines is 1. The average Bonchev–Trinajstić information content (AvgIpc) is 3.01. The predicted octanol–water partition coefficient (Wildman–Crippen LogP) is 0.228. The maximum atomic E-state index is 11.8. The highest BCUT2D eigenvalue weighted by molar-refractivity contribution is 5.94. The Balaban J connectivity index is 1.82. The van der Waals surface area contributed by atoms with E-state index < -0.39 is 6.04 Å². The summed E-state index contributed by atoms with van der Waals surface area (Å²) in [6.45, 7) is 1.76.